The van der Waals surface area contributed by atoms with E-state index in [-0.39, 0.29) is 6.10 Å². The van der Waals surface area contributed by atoms with Crippen LogP contribution in [0, 0.1) is 17.8 Å². The lowest BCUT2D eigenvalue weighted by Crippen LogP contribution is -2.40. The van der Waals surface area contributed by atoms with Crippen LogP contribution in [0.15, 0.2) is 30.3 Å². The monoisotopic (exact) mass is 345 g/mol. The van der Waals surface area contributed by atoms with Gasteiger partial charge in [0.1, 0.15) is 12.1 Å². The molecule has 5 nitrogen and oxygen atoms in total. The molecule has 136 valence electrons. The molecule has 1 aliphatic carbocycles. The topological polar surface area (TPSA) is 64.6 Å². The van der Waals surface area contributed by atoms with Crippen LogP contribution >= 0.6 is 0 Å². The highest BCUT2D eigenvalue weighted by molar-refractivity contribution is 5.84. The van der Waals surface area contributed by atoms with Crippen LogP contribution in [0.1, 0.15) is 51.6 Å². The highest BCUT2D eigenvalue weighted by atomic mass is 16.6. The number of esters is 1. The number of cyclic esters (lactones) is 1. The zero-order valence-corrected chi connectivity index (χ0v) is 15.1. The number of amides is 1. The fraction of sp³-hybridized carbons (Fsp3) is 0.600. The fourth-order valence-electron chi connectivity index (χ4n) is 3.99. The Morgan fingerprint density at radius 1 is 1.24 bits per heavy atom. The summed E-state index contributed by atoms with van der Waals surface area (Å²) in [7, 11) is 0. The lowest BCUT2D eigenvalue weighted by molar-refractivity contribution is -0.165. The molecule has 0 aromatic heterocycles. The second kappa shape index (κ2) is 7.46. The number of hydrogen-bond donors (Lipinski definition) is 1. The summed E-state index contributed by atoms with van der Waals surface area (Å²) in [6.45, 7) is 6.54. The minimum atomic E-state index is -0.931. The summed E-state index contributed by atoms with van der Waals surface area (Å²) in [6, 6.07) is 8.89. The first-order chi connectivity index (χ1) is 12.0. The third-order valence-electron chi connectivity index (χ3n) is 5.43. The van der Waals surface area contributed by atoms with Crippen molar-refractivity contribution in [3.05, 3.63) is 35.9 Å². The smallest absolute Gasteiger partial charge is 0.408 e. The van der Waals surface area contributed by atoms with Crippen molar-refractivity contribution in [3.8, 4) is 0 Å². The molecule has 1 aromatic carbocycles. The van der Waals surface area contributed by atoms with E-state index < -0.39 is 24.2 Å². The third-order valence-corrected chi connectivity index (χ3v) is 5.43. The Balaban J connectivity index is 1.73. The third kappa shape index (κ3) is 3.97. The van der Waals surface area contributed by atoms with Gasteiger partial charge < -0.3 is 14.8 Å². The van der Waals surface area contributed by atoms with Crippen molar-refractivity contribution in [2.45, 2.75) is 58.3 Å². The van der Waals surface area contributed by atoms with Crippen molar-refractivity contribution < 1.29 is 19.1 Å². The van der Waals surface area contributed by atoms with Crippen LogP contribution in [0.25, 0.3) is 0 Å². The van der Waals surface area contributed by atoms with Gasteiger partial charge in [0.05, 0.1) is 0 Å². The molecule has 1 aromatic rings. The van der Waals surface area contributed by atoms with E-state index in [1.165, 1.54) is 6.42 Å². The van der Waals surface area contributed by atoms with Crippen LogP contribution in [0.5, 0.6) is 0 Å². The molecule has 2 aliphatic rings. The number of ether oxygens (including phenoxy) is 2. The largest absolute Gasteiger partial charge is 0.459 e. The quantitative estimate of drug-likeness (QED) is 0.842. The van der Waals surface area contributed by atoms with Gasteiger partial charge in [0.15, 0.2) is 0 Å². The molecular formula is C20H27NO4. The average Bonchev–Trinajstić information content (AvgIpc) is 2.97. The summed E-state index contributed by atoms with van der Waals surface area (Å²) in [5.74, 6) is 0.916. The highest BCUT2D eigenvalue weighted by Crippen LogP contribution is 2.36. The minimum Gasteiger partial charge on any atom is -0.459 e. The molecule has 1 saturated heterocycles. The molecule has 2 unspecified atom stereocenters. The molecule has 2 fully saturated rings. The maximum absolute atomic E-state index is 12.8. The number of hydrogen-bond acceptors (Lipinski definition) is 4. The van der Waals surface area contributed by atoms with Gasteiger partial charge >= 0.3 is 12.1 Å². The lowest BCUT2D eigenvalue weighted by atomic mass is 9.75. The van der Waals surface area contributed by atoms with Gasteiger partial charge in [-0.2, -0.15) is 0 Å². The van der Waals surface area contributed by atoms with E-state index in [0.717, 1.165) is 18.4 Å². The molecule has 3 rings (SSSR count). The van der Waals surface area contributed by atoms with Gasteiger partial charge in [-0.25, -0.2) is 9.59 Å². The van der Waals surface area contributed by atoms with Gasteiger partial charge in [-0.05, 0) is 36.2 Å². The minimum absolute atomic E-state index is 0.105. The van der Waals surface area contributed by atoms with E-state index >= 15 is 0 Å². The molecular weight excluding hydrogens is 318 g/mol. The first kappa shape index (κ1) is 17.8. The van der Waals surface area contributed by atoms with Crippen molar-refractivity contribution in [3.63, 3.8) is 0 Å². The Labute approximate surface area is 149 Å². The zero-order valence-electron chi connectivity index (χ0n) is 15.1. The van der Waals surface area contributed by atoms with E-state index in [1.807, 2.05) is 30.3 Å². The molecule has 0 spiro atoms. The van der Waals surface area contributed by atoms with Gasteiger partial charge in [-0.3, -0.25) is 0 Å². The van der Waals surface area contributed by atoms with Gasteiger partial charge in [0.25, 0.3) is 0 Å². The van der Waals surface area contributed by atoms with E-state index in [9.17, 15) is 9.59 Å². The maximum Gasteiger partial charge on any atom is 0.408 e. The SMILES string of the molecule is CC(C)C1CC[C@H](C)CC1OC(=O)[C@@H]1OC(=O)N[C@H]1c1ccccc1. The van der Waals surface area contributed by atoms with Crippen molar-refractivity contribution in [2.24, 2.45) is 17.8 Å². The number of alkyl carbamates (subject to hydrolysis) is 1. The zero-order chi connectivity index (χ0) is 18.0. The number of rotatable bonds is 4. The first-order valence-electron chi connectivity index (χ1n) is 9.18. The summed E-state index contributed by atoms with van der Waals surface area (Å²) in [4.78, 5) is 24.5. The molecule has 5 atom stereocenters. The number of nitrogens with one attached hydrogen (secondary N) is 1. The molecule has 1 aliphatic heterocycles. The predicted molar refractivity (Wildman–Crippen MR) is 93.8 cm³/mol. The van der Waals surface area contributed by atoms with Crippen molar-refractivity contribution in [1.82, 2.24) is 5.32 Å². The Morgan fingerprint density at radius 3 is 2.64 bits per heavy atom. The Morgan fingerprint density at radius 2 is 1.96 bits per heavy atom. The van der Waals surface area contributed by atoms with E-state index in [2.05, 4.69) is 26.1 Å². The van der Waals surface area contributed by atoms with Crippen LogP contribution in [0.2, 0.25) is 0 Å². The van der Waals surface area contributed by atoms with Crippen molar-refractivity contribution in [1.29, 1.82) is 0 Å². The fourth-order valence-corrected chi connectivity index (χ4v) is 3.99. The number of benzene rings is 1. The summed E-state index contributed by atoms with van der Waals surface area (Å²) in [5, 5.41) is 2.72. The Kier molecular flexibility index (Phi) is 5.30. The number of carbonyl (C=O) groups is 2. The van der Waals surface area contributed by atoms with Crippen LogP contribution in [0.3, 0.4) is 0 Å². The van der Waals surface area contributed by atoms with Crippen LogP contribution in [-0.4, -0.2) is 24.3 Å². The molecule has 1 N–H and O–H groups in total. The second-order valence-corrected chi connectivity index (χ2v) is 7.66. The molecule has 0 radical (unpaired) electrons. The lowest BCUT2D eigenvalue weighted by Gasteiger charge is -2.37. The summed E-state index contributed by atoms with van der Waals surface area (Å²) >= 11 is 0. The van der Waals surface area contributed by atoms with Gasteiger partial charge in [-0.15, -0.1) is 0 Å². The van der Waals surface area contributed by atoms with E-state index in [1.54, 1.807) is 0 Å². The van der Waals surface area contributed by atoms with Gasteiger partial charge in [-0.1, -0.05) is 57.5 Å². The summed E-state index contributed by atoms with van der Waals surface area (Å²) in [5.41, 5.74) is 0.840. The Hall–Kier alpha value is -2.04. The van der Waals surface area contributed by atoms with Crippen LogP contribution in [0.4, 0.5) is 4.79 Å². The predicted octanol–water partition coefficient (Wildman–Crippen LogP) is 3.84. The summed E-state index contributed by atoms with van der Waals surface area (Å²) in [6.07, 6.45) is 1.50. The van der Waals surface area contributed by atoms with Gasteiger partial charge in [0, 0.05) is 0 Å². The standard InChI is InChI=1S/C20H27NO4/c1-12(2)15-10-9-13(3)11-16(15)24-19(22)18-17(21-20(23)25-18)14-7-5-4-6-8-14/h4-8,12-13,15-18H,9-11H2,1-3H3,(H,21,23)/t13-,15?,16?,17-,18+/m0/s1. The highest BCUT2D eigenvalue weighted by Gasteiger charge is 2.43. The normalized spacial score (nSPS) is 32.2. The van der Waals surface area contributed by atoms with Crippen molar-refractivity contribution >= 4 is 12.1 Å². The average molecular weight is 345 g/mol. The Bertz CT molecular complexity index is 615. The molecule has 1 heterocycles. The van der Waals surface area contributed by atoms with Crippen LogP contribution < -0.4 is 5.32 Å². The molecule has 25 heavy (non-hydrogen) atoms. The molecule has 0 bridgehead atoms. The van der Waals surface area contributed by atoms with Crippen molar-refractivity contribution in [2.75, 3.05) is 0 Å². The van der Waals surface area contributed by atoms with Gasteiger partial charge in [0.2, 0.25) is 6.10 Å². The van der Waals surface area contributed by atoms with Crippen LogP contribution in [-0.2, 0) is 14.3 Å². The second-order valence-electron chi connectivity index (χ2n) is 7.66. The molecule has 1 amide bonds. The van der Waals surface area contributed by atoms with E-state index in [4.69, 9.17) is 9.47 Å². The first-order valence-corrected chi connectivity index (χ1v) is 9.18. The molecule has 5 heteroatoms. The maximum atomic E-state index is 12.8. The number of carbonyl (C=O) groups excluding carboxylic acids is 2. The molecule has 1 saturated carbocycles. The summed E-state index contributed by atoms with van der Waals surface area (Å²) < 4.78 is 11.1. The van der Waals surface area contributed by atoms with E-state index in [0.29, 0.717) is 17.8 Å².